The first-order valence-electron chi connectivity index (χ1n) is 8.41. The molecule has 0 radical (unpaired) electrons. The topological polar surface area (TPSA) is 67.4 Å². The largest absolute Gasteiger partial charge is 0.372 e. The third kappa shape index (κ3) is 5.09. The molecule has 1 fully saturated rings. The monoisotopic (exact) mass is 392 g/mol. The highest BCUT2D eigenvalue weighted by molar-refractivity contribution is 7.99. The van der Waals surface area contributed by atoms with Crippen LogP contribution in [0.1, 0.15) is 13.8 Å². The van der Waals surface area contributed by atoms with Crippen LogP contribution in [0.5, 0.6) is 0 Å². The van der Waals surface area contributed by atoms with Crippen LogP contribution in [0, 0.1) is 0 Å². The third-order valence-corrected chi connectivity index (χ3v) is 5.13. The van der Waals surface area contributed by atoms with Gasteiger partial charge in [0.05, 0.1) is 28.7 Å². The van der Waals surface area contributed by atoms with E-state index < -0.39 is 0 Å². The zero-order chi connectivity index (χ0) is 18.5. The molecule has 1 N–H and O–H groups in total. The van der Waals surface area contributed by atoms with Crippen LogP contribution in [0.15, 0.2) is 41.7 Å². The van der Waals surface area contributed by atoms with Crippen molar-refractivity contribution in [3.63, 3.8) is 0 Å². The van der Waals surface area contributed by atoms with Crippen molar-refractivity contribution in [1.29, 1.82) is 0 Å². The predicted molar refractivity (Wildman–Crippen MR) is 105 cm³/mol. The van der Waals surface area contributed by atoms with E-state index in [2.05, 4.69) is 34.0 Å². The minimum Gasteiger partial charge on any atom is -0.372 e. The average Bonchev–Trinajstić information content (AvgIpc) is 2.61. The second kappa shape index (κ2) is 8.70. The summed E-state index contributed by atoms with van der Waals surface area (Å²) in [6, 6.07) is 9.08. The molecule has 3 rings (SSSR count). The molecule has 1 aromatic heterocycles. The molecule has 2 atom stereocenters. The number of aromatic nitrogens is 2. The Bertz CT molecular complexity index is 766. The van der Waals surface area contributed by atoms with E-state index in [1.54, 1.807) is 12.1 Å². The number of anilines is 2. The van der Waals surface area contributed by atoms with Gasteiger partial charge < -0.3 is 15.0 Å². The third-order valence-electron chi connectivity index (χ3n) is 3.87. The second-order valence-electron chi connectivity index (χ2n) is 6.19. The van der Waals surface area contributed by atoms with Crippen molar-refractivity contribution in [1.82, 2.24) is 9.97 Å². The Balaban J connectivity index is 1.58. The molecule has 2 aromatic rings. The first-order chi connectivity index (χ1) is 12.5. The zero-order valence-corrected chi connectivity index (χ0v) is 16.3. The Kier molecular flexibility index (Phi) is 6.34. The number of thioether (sulfide) groups is 1. The lowest BCUT2D eigenvalue weighted by molar-refractivity contribution is -0.113. The molecule has 1 aliphatic heterocycles. The fourth-order valence-electron chi connectivity index (χ4n) is 2.84. The molecular weight excluding hydrogens is 372 g/mol. The van der Waals surface area contributed by atoms with E-state index in [4.69, 9.17) is 16.3 Å². The number of carbonyl (C=O) groups excluding carboxylic acids is 1. The molecule has 8 heteroatoms. The molecule has 2 heterocycles. The van der Waals surface area contributed by atoms with E-state index in [0.717, 1.165) is 23.9 Å². The van der Waals surface area contributed by atoms with Crippen LogP contribution in [-0.2, 0) is 9.53 Å². The first-order valence-corrected chi connectivity index (χ1v) is 9.77. The van der Waals surface area contributed by atoms with Crippen molar-refractivity contribution in [2.24, 2.45) is 0 Å². The van der Waals surface area contributed by atoms with Gasteiger partial charge in [-0.05, 0) is 26.0 Å². The molecule has 0 aliphatic carbocycles. The molecule has 6 nitrogen and oxygen atoms in total. The highest BCUT2D eigenvalue weighted by Gasteiger charge is 2.23. The van der Waals surface area contributed by atoms with Gasteiger partial charge in [-0.1, -0.05) is 35.5 Å². The van der Waals surface area contributed by atoms with E-state index in [1.807, 2.05) is 18.2 Å². The van der Waals surface area contributed by atoms with Crippen LogP contribution in [0.3, 0.4) is 0 Å². The summed E-state index contributed by atoms with van der Waals surface area (Å²) in [5.41, 5.74) is 0.611. The Labute approximate surface area is 162 Å². The fourth-order valence-corrected chi connectivity index (χ4v) is 3.68. The number of carbonyl (C=O) groups is 1. The number of amides is 1. The standard InChI is InChI=1S/C18H21ClN4O2S/c1-12-8-23(9-13(2)25-12)16-7-18(21-11-20-16)26-10-17(24)22-15-6-4-3-5-14(15)19/h3-7,11-13H,8-10H2,1-2H3,(H,22,24). The normalized spacial score (nSPS) is 20.0. The van der Waals surface area contributed by atoms with Crippen LogP contribution < -0.4 is 10.2 Å². The van der Waals surface area contributed by atoms with Crippen molar-refractivity contribution in [2.45, 2.75) is 31.1 Å². The van der Waals surface area contributed by atoms with Gasteiger partial charge in [-0.3, -0.25) is 4.79 Å². The van der Waals surface area contributed by atoms with Crippen LogP contribution in [0.2, 0.25) is 5.02 Å². The molecule has 1 aromatic carbocycles. The Morgan fingerprint density at radius 1 is 1.31 bits per heavy atom. The van der Waals surface area contributed by atoms with Crippen LogP contribution in [0.4, 0.5) is 11.5 Å². The van der Waals surface area contributed by atoms with Crippen LogP contribution in [-0.4, -0.2) is 46.9 Å². The Morgan fingerprint density at radius 3 is 2.77 bits per heavy atom. The van der Waals surface area contributed by atoms with Crippen molar-refractivity contribution in [3.05, 3.63) is 41.7 Å². The van der Waals surface area contributed by atoms with E-state index in [9.17, 15) is 4.79 Å². The maximum absolute atomic E-state index is 12.1. The number of ether oxygens (including phenoxy) is 1. The summed E-state index contributed by atoms with van der Waals surface area (Å²) in [6.07, 6.45) is 1.85. The van der Waals surface area contributed by atoms with Gasteiger partial charge in [-0.2, -0.15) is 0 Å². The van der Waals surface area contributed by atoms with Gasteiger partial charge in [-0.15, -0.1) is 0 Å². The number of hydrogen-bond acceptors (Lipinski definition) is 6. The minimum atomic E-state index is -0.128. The summed E-state index contributed by atoms with van der Waals surface area (Å²) in [6.45, 7) is 5.69. The number of nitrogens with one attached hydrogen (secondary N) is 1. The number of benzene rings is 1. The smallest absolute Gasteiger partial charge is 0.234 e. The molecule has 1 saturated heterocycles. The summed E-state index contributed by atoms with van der Waals surface area (Å²) >= 11 is 7.43. The number of nitrogens with zero attached hydrogens (tertiary/aromatic N) is 3. The summed E-state index contributed by atoms with van der Waals surface area (Å²) < 4.78 is 5.76. The highest BCUT2D eigenvalue weighted by atomic mass is 35.5. The molecule has 1 amide bonds. The van der Waals surface area contributed by atoms with Gasteiger partial charge in [0.15, 0.2) is 0 Å². The summed E-state index contributed by atoms with van der Waals surface area (Å²) in [4.78, 5) is 23.0. The molecular formula is C18H21ClN4O2S. The van der Waals surface area contributed by atoms with Crippen molar-refractivity contribution < 1.29 is 9.53 Å². The number of morpholine rings is 1. The van der Waals surface area contributed by atoms with Gasteiger partial charge in [0.2, 0.25) is 5.91 Å². The molecule has 1 aliphatic rings. The van der Waals surface area contributed by atoms with Crippen LogP contribution >= 0.6 is 23.4 Å². The number of hydrogen-bond donors (Lipinski definition) is 1. The number of para-hydroxylation sites is 1. The quantitative estimate of drug-likeness (QED) is 0.620. The zero-order valence-electron chi connectivity index (χ0n) is 14.7. The lowest BCUT2D eigenvalue weighted by Crippen LogP contribution is -2.45. The van der Waals surface area contributed by atoms with Crippen molar-refractivity contribution in [2.75, 3.05) is 29.1 Å². The fraction of sp³-hybridized carbons (Fsp3) is 0.389. The van der Waals surface area contributed by atoms with Crippen molar-refractivity contribution in [3.8, 4) is 0 Å². The van der Waals surface area contributed by atoms with Gasteiger partial charge >= 0.3 is 0 Å². The molecule has 2 unspecified atom stereocenters. The summed E-state index contributed by atoms with van der Waals surface area (Å²) in [5.74, 6) is 0.977. The molecule has 26 heavy (non-hydrogen) atoms. The maximum atomic E-state index is 12.1. The lowest BCUT2D eigenvalue weighted by Gasteiger charge is -2.36. The highest BCUT2D eigenvalue weighted by Crippen LogP contribution is 2.24. The molecule has 138 valence electrons. The number of halogens is 1. The van der Waals surface area contributed by atoms with Gasteiger partial charge in [0.25, 0.3) is 0 Å². The second-order valence-corrected chi connectivity index (χ2v) is 7.60. The Hall–Kier alpha value is -1.83. The van der Waals surface area contributed by atoms with E-state index in [0.29, 0.717) is 10.7 Å². The van der Waals surface area contributed by atoms with E-state index in [1.165, 1.54) is 18.1 Å². The van der Waals surface area contributed by atoms with Crippen LogP contribution in [0.25, 0.3) is 0 Å². The first kappa shape index (κ1) is 18.9. The molecule has 0 spiro atoms. The predicted octanol–water partition coefficient (Wildman–Crippen LogP) is 3.47. The van der Waals surface area contributed by atoms with Gasteiger partial charge in [0.1, 0.15) is 17.2 Å². The van der Waals surface area contributed by atoms with Gasteiger partial charge in [0, 0.05) is 19.2 Å². The SMILES string of the molecule is CC1CN(c2cc(SCC(=O)Nc3ccccc3Cl)ncn2)CC(C)O1. The summed E-state index contributed by atoms with van der Waals surface area (Å²) in [7, 11) is 0. The van der Waals surface area contributed by atoms with Gasteiger partial charge in [-0.25, -0.2) is 9.97 Å². The number of rotatable bonds is 5. The maximum Gasteiger partial charge on any atom is 0.234 e. The Morgan fingerprint density at radius 2 is 2.04 bits per heavy atom. The average molecular weight is 393 g/mol. The van der Waals surface area contributed by atoms with E-state index >= 15 is 0 Å². The minimum absolute atomic E-state index is 0.128. The van der Waals surface area contributed by atoms with E-state index in [-0.39, 0.29) is 23.9 Å². The lowest BCUT2D eigenvalue weighted by atomic mass is 10.2. The molecule has 0 bridgehead atoms. The summed E-state index contributed by atoms with van der Waals surface area (Å²) in [5, 5.41) is 4.09. The van der Waals surface area contributed by atoms with Crippen molar-refractivity contribution >= 4 is 40.8 Å². The molecule has 0 saturated carbocycles.